The first kappa shape index (κ1) is 18.1. The fraction of sp³-hybridized carbons (Fsp3) is 0.500. The van der Waals surface area contributed by atoms with E-state index in [1.54, 1.807) is 0 Å². The van der Waals surface area contributed by atoms with Gasteiger partial charge in [-0.15, -0.1) is 0 Å². The first-order valence-electron chi connectivity index (χ1n) is 10.1. The molecule has 1 amide bonds. The number of hydrogen-bond donors (Lipinski definition) is 1. The fourth-order valence-corrected chi connectivity index (χ4v) is 4.17. The van der Waals surface area contributed by atoms with Gasteiger partial charge in [0.2, 0.25) is 5.91 Å². The molecule has 5 heteroatoms. The molecule has 0 radical (unpaired) electrons. The van der Waals surface area contributed by atoms with Crippen LogP contribution in [0.2, 0.25) is 0 Å². The minimum absolute atomic E-state index is 0.196. The van der Waals surface area contributed by atoms with Crippen molar-refractivity contribution in [3.8, 4) is 0 Å². The number of amides is 1. The molecule has 2 aliphatic rings. The molecule has 27 heavy (non-hydrogen) atoms. The van der Waals surface area contributed by atoms with Gasteiger partial charge in [-0.3, -0.25) is 9.69 Å². The molecule has 2 aliphatic heterocycles. The number of aromatic nitrogens is 2. The van der Waals surface area contributed by atoms with Gasteiger partial charge in [-0.2, -0.15) is 0 Å². The molecule has 1 saturated heterocycles. The van der Waals surface area contributed by atoms with Crippen LogP contribution in [0.4, 0.5) is 5.82 Å². The predicted molar refractivity (Wildman–Crippen MR) is 107 cm³/mol. The highest BCUT2D eigenvalue weighted by atomic mass is 16.2. The van der Waals surface area contributed by atoms with Crippen LogP contribution in [0.5, 0.6) is 0 Å². The molecule has 1 fully saturated rings. The van der Waals surface area contributed by atoms with Crippen LogP contribution in [0, 0.1) is 6.92 Å². The second kappa shape index (κ2) is 8.17. The maximum atomic E-state index is 12.7. The number of rotatable bonds is 5. The number of piperidine rings is 1. The minimum atomic E-state index is 0.196. The van der Waals surface area contributed by atoms with Crippen molar-refractivity contribution in [3.63, 3.8) is 0 Å². The van der Waals surface area contributed by atoms with E-state index in [1.165, 1.54) is 5.56 Å². The largest absolute Gasteiger partial charge is 0.316 e. The number of hydrogen-bond acceptors (Lipinski definition) is 4. The van der Waals surface area contributed by atoms with Crippen LogP contribution in [0.25, 0.3) is 0 Å². The van der Waals surface area contributed by atoms with E-state index in [2.05, 4.69) is 36.5 Å². The van der Waals surface area contributed by atoms with E-state index in [-0.39, 0.29) is 5.91 Å². The second-order valence-electron chi connectivity index (χ2n) is 7.65. The monoisotopic (exact) mass is 364 g/mol. The van der Waals surface area contributed by atoms with Crippen LogP contribution in [0.1, 0.15) is 54.2 Å². The van der Waals surface area contributed by atoms with Crippen molar-refractivity contribution in [2.75, 3.05) is 24.5 Å². The van der Waals surface area contributed by atoms with Crippen LogP contribution < -0.4 is 10.2 Å². The Bertz CT molecular complexity index is 799. The van der Waals surface area contributed by atoms with Gasteiger partial charge in [0, 0.05) is 36.7 Å². The van der Waals surface area contributed by atoms with Gasteiger partial charge >= 0.3 is 0 Å². The van der Waals surface area contributed by atoms with Crippen molar-refractivity contribution in [1.82, 2.24) is 15.3 Å². The SMILES string of the molecule is Cc1nc([C@@H]2CCCNC2)nc2c1CCC(=O)N2CCCc1ccccc1. The Balaban J connectivity index is 1.54. The Hall–Kier alpha value is -2.27. The van der Waals surface area contributed by atoms with Crippen LogP contribution in [0.3, 0.4) is 0 Å². The van der Waals surface area contributed by atoms with Crippen LogP contribution in [-0.2, 0) is 17.6 Å². The molecular formula is C22H28N4O. The predicted octanol–water partition coefficient (Wildman–Crippen LogP) is 3.16. The lowest BCUT2D eigenvalue weighted by molar-refractivity contribution is -0.119. The van der Waals surface area contributed by atoms with Crippen molar-refractivity contribution in [2.45, 2.75) is 51.4 Å². The van der Waals surface area contributed by atoms with Gasteiger partial charge in [-0.25, -0.2) is 9.97 Å². The van der Waals surface area contributed by atoms with Gasteiger partial charge in [0.1, 0.15) is 11.6 Å². The molecule has 5 nitrogen and oxygen atoms in total. The topological polar surface area (TPSA) is 58.1 Å². The summed E-state index contributed by atoms with van der Waals surface area (Å²) < 4.78 is 0. The summed E-state index contributed by atoms with van der Waals surface area (Å²) in [4.78, 5) is 24.3. The molecule has 0 unspecified atom stereocenters. The number of nitrogens with one attached hydrogen (secondary N) is 1. The number of carbonyl (C=O) groups is 1. The molecule has 0 aliphatic carbocycles. The lowest BCUT2D eigenvalue weighted by Crippen LogP contribution is -2.38. The molecule has 2 aromatic rings. The molecule has 0 bridgehead atoms. The molecule has 4 rings (SSSR count). The summed E-state index contributed by atoms with van der Waals surface area (Å²) in [5.74, 6) is 2.32. The third-order valence-corrected chi connectivity index (χ3v) is 5.71. The summed E-state index contributed by atoms with van der Waals surface area (Å²) in [5, 5.41) is 3.44. The number of aryl methyl sites for hydroxylation is 2. The number of benzene rings is 1. The number of nitrogens with zero attached hydrogens (tertiary/aromatic N) is 3. The molecule has 0 spiro atoms. The van der Waals surface area contributed by atoms with E-state index < -0.39 is 0 Å². The molecular weight excluding hydrogens is 336 g/mol. The van der Waals surface area contributed by atoms with E-state index in [4.69, 9.17) is 9.97 Å². The lowest BCUT2D eigenvalue weighted by Gasteiger charge is -2.31. The van der Waals surface area contributed by atoms with Gasteiger partial charge in [0.25, 0.3) is 0 Å². The molecule has 1 aromatic heterocycles. The van der Waals surface area contributed by atoms with Gasteiger partial charge < -0.3 is 5.32 Å². The maximum absolute atomic E-state index is 12.7. The zero-order valence-corrected chi connectivity index (χ0v) is 16.1. The van der Waals surface area contributed by atoms with E-state index in [1.807, 2.05) is 11.0 Å². The maximum Gasteiger partial charge on any atom is 0.228 e. The number of fused-ring (bicyclic) bond motifs is 1. The number of carbonyl (C=O) groups excluding carboxylic acids is 1. The van der Waals surface area contributed by atoms with E-state index in [9.17, 15) is 4.79 Å². The molecule has 1 atom stereocenters. The quantitative estimate of drug-likeness (QED) is 0.885. The van der Waals surface area contributed by atoms with Gasteiger partial charge in [-0.1, -0.05) is 30.3 Å². The highest BCUT2D eigenvalue weighted by Gasteiger charge is 2.29. The molecule has 1 aromatic carbocycles. The standard InChI is InChI=1S/C22H28N4O/c1-16-19-11-12-20(27)26(14-6-9-17-7-3-2-4-8-17)22(19)25-21(24-16)18-10-5-13-23-15-18/h2-4,7-8,18,23H,5-6,9-15H2,1H3/t18-/m1/s1. The summed E-state index contributed by atoms with van der Waals surface area (Å²) >= 11 is 0. The van der Waals surface area contributed by atoms with Crippen molar-refractivity contribution in [2.24, 2.45) is 0 Å². The van der Waals surface area contributed by atoms with Gasteiger partial charge in [0.05, 0.1) is 0 Å². The minimum Gasteiger partial charge on any atom is -0.316 e. The normalized spacial score (nSPS) is 19.8. The summed E-state index contributed by atoms with van der Waals surface area (Å²) in [6, 6.07) is 10.5. The molecule has 1 N–H and O–H groups in total. The Labute approximate surface area is 161 Å². The Morgan fingerprint density at radius 3 is 2.81 bits per heavy atom. The average Bonchev–Trinajstić information content (AvgIpc) is 2.71. The first-order valence-corrected chi connectivity index (χ1v) is 10.1. The second-order valence-corrected chi connectivity index (χ2v) is 7.65. The zero-order chi connectivity index (χ0) is 18.6. The lowest BCUT2D eigenvalue weighted by atomic mass is 9.97. The van der Waals surface area contributed by atoms with Crippen molar-refractivity contribution < 1.29 is 4.79 Å². The summed E-state index contributed by atoms with van der Waals surface area (Å²) in [7, 11) is 0. The third-order valence-electron chi connectivity index (χ3n) is 5.71. The number of anilines is 1. The molecule has 0 saturated carbocycles. The van der Waals surface area contributed by atoms with Crippen molar-refractivity contribution >= 4 is 11.7 Å². The Kier molecular flexibility index (Phi) is 5.48. The van der Waals surface area contributed by atoms with E-state index >= 15 is 0 Å². The van der Waals surface area contributed by atoms with E-state index in [0.717, 1.165) is 74.6 Å². The van der Waals surface area contributed by atoms with Crippen LogP contribution in [0.15, 0.2) is 30.3 Å². The fourth-order valence-electron chi connectivity index (χ4n) is 4.17. The Morgan fingerprint density at radius 1 is 1.19 bits per heavy atom. The van der Waals surface area contributed by atoms with Crippen LogP contribution >= 0.6 is 0 Å². The molecule has 3 heterocycles. The summed E-state index contributed by atoms with van der Waals surface area (Å²) in [5.41, 5.74) is 3.51. The smallest absolute Gasteiger partial charge is 0.228 e. The summed E-state index contributed by atoms with van der Waals surface area (Å²) in [6.07, 6.45) is 5.52. The van der Waals surface area contributed by atoms with Crippen molar-refractivity contribution in [3.05, 3.63) is 53.0 Å². The highest BCUT2D eigenvalue weighted by molar-refractivity contribution is 5.95. The van der Waals surface area contributed by atoms with Crippen molar-refractivity contribution in [1.29, 1.82) is 0 Å². The highest BCUT2D eigenvalue weighted by Crippen LogP contribution is 2.31. The first-order chi connectivity index (χ1) is 13.2. The van der Waals surface area contributed by atoms with Gasteiger partial charge in [0.15, 0.2) is 0 Å². The Morgan fingerprint density at radius 2 is 2.04 bits per heavy atom. The molecule has 142 valence electrons. The summed E-state index contributed by atoms with van der Waals surface area (Å²) in [6.45, 7) is 4.79. The average molecular weight is 364 g/mol. The van der Waals surface area contributed by atoms with E-state index in [0.29, 0.717) is 12.3 Å². The van der Waals surface area contributed by atoms with Crippen LogP contribution in [-0.4, -0.2) is 35.5 Å². The zero-order valence-electron chi connectivity index (χ0n) is 16.1. The third kappa shape index (κ3) is 4.03. The van der Waals surface area contributed by atoms with Gasteiger partial charge in [-0.05, 0) is 51.1 Å².